The zero-order chi connectivity index (χ0) is 20.4. The number of carbonyl (C=O) groups excluding carboxylic acids is 3. The van der Waals surface area contributed by atoms with E-state index in [-0.39, 0.29) is 30.7 Å². The van der Waals surface area contributed by atoms with Crippen molar-refractivity contribution in [1.82, 2.24) is 4.90 Å². The molecule has 0 radical (unpaired) electrons. The third-order valence-electron chi connectivity index (χ3n) is 4.96. The van der Waals surface area contributed by atoms with E-state index in [1.165, 1.54) is 4.90 Å². The van der Waals surface area contributed by atoms with E-state index in [1.54, 1.807) is 35.2 Å². The molecule has 2 aliphatic rings. The second-order valence-corrected chi connectivity index (χ2v) is 7.73. The van der Waals surface area contributed by atoms with Crippen LogP contribution < -0.4 is 15.0 Å². The number of benzene rings is 1. The first-order valence-electron chi connectivity index (χ1n) is 9.43. The van der Waals surface area contributed by atoms with Crippen LogP contribution in [0.15, 0.2) is 39.4 Å². The Morgan fingerprint density at radius 2 is 1.90 bits per heavy atom. The lowest BCUT2D eigenvalue weighted by Gasteiger charge is -2.33. The average Bonchev–Trinajstić information content (AvgIpc) is 3.17. The topological polar surface area (TPSA) is 92.1 Å². The standard InChI is InChI=1S/C20H20BrN3O5/c21-17-7-6-16(29-17)20(27)22-13-4-5-15-14(10-13)24(19(26)12-28-15)11-18(25)23-8-2-1-3-9-23/h4-7,10H,1-3,8-9,11-12H2,(H,22,27). The molecule has 0 saturated carbocycles. The van der Waals surface area contributed by atoms with Crippen molar-refractivity contribution in [2.45, 2.75) is 19.3 Å². The van der Waals surface area contributed by atoms with Crippen molar-refractivity contribution in [3.05, 3.63) is 40.8 Å². The predicted molar refractivity (Wildman–Crippen MR) is 109 cm³/mol. The van der Waals surface area contributed by atoms with Crippen LogP contribution in [0.2, 0.25) is 0 Å². The molecule has 0 unspecified atom stereocenters. The number of piperidine rings is 1. The first-order valence-corrected chi connectivity index (χ1v) is 10.2. The van der Waals surface area contributed by atoms with Gasteiger partial charge in [-0.3, -0.25) is 19.3 Å². The molecule has 8 nitrogen and oxygen atoms in total. The summed E-state index contributed by atoms with van der Waals surface area (Å²) in [7, 11) is 0. The predicted octanol–water partition coefficient (Wildman–Crippen LogP) is 3.03. The van der Waals surface area contributed by atoms with Gasteiger partial charge in [-0.05, 0) is 65.5 Å². The summed E-state index contributed by atoms with van der Waals surface area (Å²) >= 11 is 3.16. The first kappa shape index (κ1) is 19.5. The molecule has 152 valence electrons. The summed E-state index contributed by atoms with van der Waals surface area (Å²) in [6, 6.07) is 8.16. The van der Waals surface area contributed by atoms with Gasteiger partial charge < -0.3 is 19.4 Å². The molecule has 2 aromatic rings. The lowest BCUT2D eigenvalue weighted by atomic mass is 10.1. The summed E-state index contributed by atoms with van der Waals surface area (Å²) in [5, 5.41) is 2.73. The number of carbonyl (C=O) groups is 3. The van der Waals surface area contributed by atoms with Gasteiger partial charge in [-0.1, -0.05) is 0 Å². The van der Waals surface area contributed by atoms with Gasteiger partial charge in [0.25, 0.3) is 11.8 Å². The number of amides is 3. The number of fused-ring (bicyclic) bond motifs is 1. The van der Waals surface area contributed by atoms with Crippen molar-refractivity contribution in [3.8, 4) is 5.75 Å². The maximum absolute atomic E-state index is 12.7. The highest BCUT2D eigenvalue weighted by molar-refractivity contribution is 9.10. The highest BCUT2D eigenvalue weighted by Crippen LogP contribution is 2.35. The molecule has 0 spiro atoms. The molecular weight excluding hydrogens is 442 g/mol. The molecule has 29 heavy (non-hydrogen) atoms. The Hall–Kier alpha value is -2.81. The van der Waals surface area contributed by atoms with Crippen molar-refractivity contribution in [2.24, 2.45) is 0 Å². The molecule has 0 aliphatic carbocycles. The second kappa shape index (κ2) is 8.28. The zero-order valence-corrected chi connectivity index (χ0v) is 17.2. The van der Waals surface area contributed by atoms with Crippen LogP contribution in [0.1, 0.15) is 29.8 Å². The molecule has 1 aromatic carbocycles. The van der Waals surface area contributed by atoms with Gasteiger partial charge in [-0.15, -0.1) is 0 Å². The van der Waals surface area contributed by atoms with Crippen molar-refractivity contribution >= 4 is 45.0 Å². The van der Waals surface area contributed by atoms with Gasteiger partial charge in [0.2, 0.25) is 5.91 Å². The summed E-state index contributed by atoms with van der Waals surface area (Å²) in [5.41, 5.74) is 0.931. The first-order chi connectivity index (χ1) is 14.0. The van der Waals surface area contributed by atoms with E-state index in [0.717, 1.165) is 32.4 Å². The summed E-state index contributed by atoms with van der Waals surface area (Å²) in [4.78, 5) is 40.7. The van der Waals surface area contributed by atoms with Gasteiger partial charge in [0.15, 0.2) is 17.0 Å². The molecule has 1 aromatic heterocycles. The quantitative estimate of drug-likeness (QED) is 0.755. The molecule has 1 saturated heterocycles. The van der Waals surface area contributed by atoms with Crippen LogP contribution in [0.3, 0.4) is 0 Å². The number of furan rings is 1. The Morgan fingerprint density at radius 3 is 2.62 bits per heavy atom. The van der Waals surface area contributed by atoms with E-state index < -0.39 is 5.91 Å². The van der Waals surface area contributed by atoms with E-state index in [9.17, 15) is 14.4 Å². The number of halogens is 1. The molecule has 1 N–H and O–H groups in total. The number of ether oxygens (including phenoxy) is 1. The third-order valence-corrected chi connectivity index (χ3v) is 5.39. The summed E-state index contributed by atoms with van der Waals surface area (Å²) in [6.45, 7) is 1.28. The maximum atomic E-state index is 12.7. The Bertz CT molecular complexity index is 951. The van der Waals surface area contributed by atoms with Crippen LogP contribution in [0.4, 0.5) is 11.4 Å². The number of hydrogen-bond acceptors (Lipinski definition) is 5. The fraction of sp³-hybridized carbons (Fsp3) is 0.350. The van der Waals surface area contributed by atoms with Crippen LogP contribution in [0.5, 0.6) is 5.75 Å². The molecule has 1 fully saturated rings. The van der Waals surface area contributed by atoms with E-state index >= 15 is 0 Å². The van der Waals surface area contributed by atoms with Crippen molar-refractivity contribution in [1.29, 1.82) is 0 Å². The fourth-order valence-corrected chi connectivity index (χ4v) is 3.77. The number of rotatable bonds is 4. The fourth-order valence-electron chi connectivity index (χ4n) is 3.46. The number of anilines is 2. The van der Waals surface area contributed by atoms with E-state index in [4.69, 9.17) is 9.15 Å². The molecule has 4 rings (SSSR count). The Morgan fingerprint density at radius 1 is 1.10 bits per heavy atom. The summed E-state index contributed by atoms with van der Waals surface area (Å²) < 4.78 is 11.2. The van der Waals surface area contributed by atoms with Crippen LogP contribution in [0, 0.1) is 0 Å². The number of hydrogen-bond donors (Lipinski definition) is 1. The Kier molecular flexibility index (Phi) is 5.57. The largest absolute Gasteiger partial charge is 0.482 e. The summed E-state index contributed by atoms with van der Waals surface area (Å²) in [5.74, 6) is -0.148. The molecule has 3 heterocycles. The second-order valence-electron chi connectivity index (χ2n) is 6.95. The number of likely N-dealkylation sites (tertiary alicyclic amines) is 1. The highest BCUT2D eigenvalue weighted by atomic mass is 79.9. The third kappa shape index (κ3) is 4.29. The Labute approximate surface area is 175 Å². The zero-order valence-electron chi connectivity index (χ0n) is 15.7. The molecular formula is C20H20BrN3O5. The average molecular weight is 462 g/mol. The SMILES string of the molecule is O=C(Nc1ccc2c(c1)N(CC(=O)N1CCCCC1)C(=O)CO2)c1ccc(Br)o1. The molecule has 0 bridgehead atoms. The van der Waals surface area contributed by atoms with Gasteiger partial charge in [0, 0.05) is 18.8 Å². The van der Waals surface area contributed by atoms with Gasteiger partial charge in [-0.25, -0.2) is 0 Å². The smallest absolute Gasteiger partial charge is 0.291 e. The normalized spacial score (nSPS) is 16.2. The number of nitrogens with zero attached hydrogens (tertiary/aromatic N) is 2. The maximum Gasteiger partial charge on any atom is 0.291 e. The minimum absolute atomic E-state index is 0.0439. The highest BCUT2D eigenvalue weighted by Gasteiger charge is 2.30. The molecule has 0 atom stereocenters. The number of nitrogens with one attached hydrogen (secondary N) is 1. The lowest BCUT2D eigenvalue weighted by Crippen LogP contribution is -2.47. The Balaban J connectivity index is 1.53. The van der Waals surface area contributed by atoms with Crippen LogP contribution >= 0.6 is 15.9 Å². The van der Waals surface area contributed by atoms with E-state index in [1.807, 2.05) is 0 Å². The monoisotopic (exact) mass is 461 g/mol. The molecule has 2 aliphatic heterocycles. The summed E-state index contributed by atoms with van der Waals surface area (Å²) in [6.07, 6.45) is 3.09. The molecule has 3 amide bonds. The van der Waals surface area contributed by atoms with Crippen LogP contribution in [-0.2, 0) is 9.59 Å². The van der Waals surface area contributed by atoms with E-state index in [0.29, 0.717) is 21.8 Å². The minimum Gasteiger partial charge on any atom is -0.482 e. The lowest BCUT2D eigenvalue weighted by molar-refractivity contribution is -0.132. The van der Waals surface area contributed by atoms with Crippen molar-refractivity contribution in [3.63, 3.8) is 0 Å². The van der Waals surface area contributed by atoms with Crippen LogP contribution in [0.25, 0.3) is 0 Å². The van der Waals surface area contributed by atoms with Crippen molar-refractivity contribution in [2.75, 3.05) is 36.5 Å². The molecule has 9 heteroatoms. The van der Waals surface area contributed by atoms with Gasteiger partial charge >= 0.3 is 0 Å². The van der Waals surface area contributed by atoms with Gasteiger partial charge in [0.05, 0.1) is 5.69 Å². The van der Waals surface area contributed by atoms with Crippen molar-refractivity contribution < 1.29 is 23.5 Å². The van der Waals surface area contributed by atoms with Gasteiger partial charge in [-0.2, -0.15) is 0 Å². The van der Waals surface area contributed by atoms with E-state index in [2.05, 4.69) is 21.2 Å². The van der Waals surface area contributed by atoms with Gasteiger partial charge in [0.1, 0.15) is 12.3 Å². The van der Waals surface area contributed by atoms with Crippen LogP contribution in [-0.4, -0.2) is 48.9 Å². The minimum atomic E-state index is -0.422.